The van der Waals surface area contributed by atoms with Crippen molar-refractivity contribution < 1.29 is 14.4 Å². The summed E-state index contributed by atoms with van der Waals surface area (Å²) in [5.41, 5.74) is -0.587. The molecule has 0 aromatic rings. The van der Waals surface area contributed by atoms with E-state index in [1.165, 1.54) is 0 Å². The summed E-state index contributed by atoms with van der Waals surface area (Å²) < 4.78 is 0. The Bertz CT molecular complexity index is 604. The summed E-state index contributed by atoms with van der Waals surface area (Å²) in [6.07, 6.45) is 8.34. The number of hydrogen-bond donors (Lipinski definition) is 0. The molecule has 0 radical (unpaired) electrons. The maximum atomic E-state index is 13.0. The molecule has 3 heteroatoms. The van der Waals surface area contributed by atoms with Crippen LogP contribution in [0.25, 0.3) is 0 Å². The molecule has 0 amide bonds. The average molecular weight is 300 g/mol. The quantitative estimate of drug-likeness (QED) is 0.690. The number of hydrogen-bond acceptors (Lipinski definition) is 3. The van der Waals surface area contributed by atoms with Crippen LogP contribution in [0.1, 0.15) is 52.4 Å². The minimum atomic E-state index is -0.407. The van der Waals surface area contributed by atoms with E-state index >= 15 is 0 Å². The molecule has 118 valence electrons. The molecule has 3 saturated carbocycles. The molecule has 0 N–H and O–H groups in total. The van der Waals surface area contributed by atoms with Gasteiger partial charge in [-0.1, -0.05) is 19.9 Å². The van der Waals surface area contributed by atoms with Gasteiger partial charge in [0, 0.05) is 30.6 Å². The topological polar surface area (TPSA) is 51.2 Å². The zero-order valence-corrected chi connectivity index (χ0v) is 13.4. The molecule has 0 bridgehead atoms. The van der Waals surface area contributed by atoms with Crippen LogP contribution in [-0.4, -0.2) is 17.3 Å². The third kappa shape index (κ3) is 1.65. The second kappa shape index (κ2) is 4.39. The van der Waals surface area contributed by atoms with Gasteiger partial charge in [-0.2, -0.15) is 0 Å². The van der Waals surface area contributed by atoms with E-state index in [-0.39, 0.29) is 22.9 Å². The summed E-state index contributed by atoms with van der Waals surface area (Å²) in [6, 6.07) is 0. The van der Waals surface area contributed by atoms with Crippen molar-refractivity contribution in [1.29, 1.82) is 0 Å². The molecule has 22 heavy (non-hydrogen) atoms. The smallest absolute Gasteiger partial charge is 0.155 e. The summed E-state index contributed by atoms with van der Waals surface area (Å²) in [5.74, 6) is 1.78. The van der Waals surface area contributed by atoms with Gasteiger partial charge in [-0.3, -0.25) is 14.4 Å². The van der Waals surface area contributed by atoms with Crippen LogP contribution in [0.3, 0.4) is 0 Å². The van der Waals surface area contributed by atoms with Crippen LogP contribution in [0.2, 0.25) is 0 Å². The molecule has 0 heterocycles. The number of rotatable bonds is 0. The second-order valence-electron chi connectivity index (χ2n) is 8.41. The molecule has 0 saturated heterocycles. The van der Waals surface area contributed by atoms with E-state index in [0.717, 1.165) is 19.3 Å². The number of carbonyl (C=O) groups excluding carboxylic acids is 3. The van der Waals surface area contributed by atoms with E-state index in [1.807, 2.05) is 13.0 Å². The standard InChI is InChI=1S/C19H24O3/c1-18-8-7-12(20)9-11(18)3-4-13-14-5-6-16(22)19(14,2)10-15(21)17(13)18/h7-8,11,13-14,17H,3-6,9-10H2,1-2H3/t11-,13+,14+,17-,18+,19+/m1/s1. The Morgan fingerprint density at radius 3 is 2.64 bits per heavy atom. The highest BCUT2D eigenvalue weighted by molar-refractivity contribution is 5.96. The van der Waals surface area contributed by atoms with E-state index in [2.05, 4.69) is 6.92 Å². The Kier molecular flexibility index (Phi) is 2.87. The van der Waals surface area contributed by atoms with Crippen LogP contribution >= 0.6 is 0 Å². The average Bonchev–Trinajstić information content (AvgIpc) is 2.75. The molecule has 0 aromatic carbocycles. The number of ketones is 3. The highest BCUT2D eigenvalue weighted by Gasteiger charge is 2.62. The lowest BCUT2D eigenvalue weighted by atomic mass is 9.46. The number of allylic oxidation sites excluding steroid dienone is 2. The maximum Gasteiger partial charge on any atom is 0.155 e. The van der Waals surface area contributed by atoms with Crippen LogP contribution in [0.5, 0.6) is 0 Å². The molecule has 0 spiro atoms. The predicted octanol–water partition coefficient (Wildman–Crippen LogP) is 3.12. The van der Waals surface area contributed by atoms with Gasteiger partial charge in [0.05, 0.1) is 0 Å². The maximum absolute atomic E-state index is 13.0. The third-order valence-corrected chi connectivity index (χ3v) is 7.45. The van der Waals surface area contributed by atoms with Crippen LogP contribution in [0, 0.1) is 34.5 Å². The fourth-order valence-electron chi connectivity index (χ4n) is 6.24. The first-order valence-electron chi connectivity index (χ1n) is 8.64. The van der Waals surface area contributed by atoms with Gasteiger partial charge < -0.3 is 0 Å². The molecular formula is C19H24O3. The van der Waals surface area contributed by atoms with Crippen LogP contribution in [0.4, 0.5) is 0 Å². The van der Waals surface area contributed by atoms with Gasteiger partial charge in [0.15, 0.2) is 5.78 Å². The molecule has 4 rings (SSSR count). The molecule has 0 unspecified atom stereocenters. The van der Waals surface area contributed by atoms with Gasteiger partial charge in [-0.05, 0) is 48.5 Å². The van der Waals surface area contributed by atoms with E-state index in [4.69, 9.17) is 0 Å². The third-order valence-electron chi connectivity index (χ3n) is 7.45. The number of fused-ring (bicyclic) bond motifs is 5. The van der Waals surface area contributed by atoms with Gasteiger partial charge in [0.1, 0.15) is 11.6 Å². The normalized spacial score (nSPS) is 50.5. The summed E-state index contributed by atoms with van der Waals surface area (Å²) >= 11 is 0. The Labute approximate surface area is 131 Å². The zero-order valence-electron chi connectivity index (χ0n) is 13.4. The van der Waals surface area contributed by atoms with Gasteiger partial charge in [-0.25, -0.2) is 0 Å². The largest absolute Gasteiger partial charge is 0.299 e. The molecule has 0 aliphatic heterocycles. The van der Waals surface area contributed by atoms with Crippen molar-refractivity contribution >= 4 is 17.3 Å². The summed E-state index contributed by atoms with van der Waals surface area (Å²) in [7, 11) is 0. The highest BCUT2D eigenvalue weighted by Crippen LogP contribution is 2.63. The predicted molar refractivity (Wildman–Crippen MR) is 82.0 cm³/mol. The Morgan fingerprint density at radius 1 is 1.09 bits per heavy atom. The van der Waals surface area contributed by atoms with Gasteiger partial charge >= 0.3 is 0 Å². The Morgan fingerprint density at radius 2 is 1.86 bits per heavy atom. The van der Waals surface area contributed by atoms with E-state index < -0.39 is 5.41 Å². The molecular weight excluding hydrogens is 276 g/mol. The lowest BCUT2D eigenvalue weighted by Crippen LogP contribution is -2.56. The van der Waals surface area contributed by atoms with Crippen molar-refractivity contribution in [1.82, 2.24) is 0 Å². The Hall–Kier alpha value is -1.25. The van der Waals surface area contributed by atoms with Crippen molar-refractivity contribution in [3.05, 3.63) is 12.2 Å². The molecule has 3 fully saturated rings. The van der Waals surface area contributed by atoms with Crippen molar-refractivity contribution in [3.8, 4) is 0 Å². The first kappa shape index (κ1) is 14.3. The molecule has 3 nitrogen and oxygen atoms in total. The first-order chi connectivity index (χ1) is 10.4. The molecule has 4 aliphatic rings. The SMILES string of the molecule is C[C@]12C=CC(=O)C[C@H]1CC[C@@H]1[C@@H]2C(=O)C[C@]2(C)C(=O)CC[C@@H]12. The van der Waals surface area contributed by atoms with E-state index in [1.54, 1.807) is 6.08 Å². The van der Waals surface area contributed by atoms with Crippen LogP contribution in [0.15, 0.2) is 12.2 Å². The highest BCUT2D eigenvalue weighted by atomic mass is 16.1. The fourth-order valence-corrected chi connectivity index (χ4v) is 6.24. The second-order valence-corrected chi connectivity index (χ2v) is 8.41. The fraction of sp³-hybridized carbons (Fsp3) is 0.737. The minimum Gasteiger partial charge on any atom is -0.299 e. The van der Waals surface area contributed by atoms with Gasteiger partial charge in [0.2, 0.25) is 0 Å². The van der Waals surface area contributed by atoms with Crippen molar-refractivity contribution in [2.75, 3.05) is 0 Å². The molecule has 0 aromatic heterocycles. The summed E-state index contributed by atoms with van der Waals surface area (Å²) in [5, 5.41) is 0. The molecule has 6 atom stereocenters. The number of carbonyl (C=O) groups is 3. The lowest BCUT2D eigenvalue weighted by Gasteiger charge is -2.56. The van der Waals surface area contributed by atoms with Crippen LogP contribution < -0.4 is 0 Å². The molecule has 4 aliphatic carbocycles. The lowest BCUT2D eigenvalue weighted by molar-refractivity contribution is -0.154. The summed E-state index contributed by atoms with van der Waals surface area (Å²) in [6.45, 7) is 4.20. The van der Waals surface area contributed by atoms with Crippen molar-refractivity contribution in [3.63, 3.8) is 0 Å². The minimum absolute atomic E-state index is 0.0135. The number of Topliss-reactive ketones (excluding diaryl/α,β-unsaturated/α-hetero) is 2. The van der Waals surface area contributed by atoms with Crippen molar-refractivity contribution in [2.45, 2.75) is 52.4 Å². The monoisotopic (exact) mass is 300 g/mol. The Balaban J connectivity index is 1.77. The van der Waals surface area contributed by atoms with E-state index in [9.17, 15) is 14.4 Å². The summed E-state index contributed by atoms with van der Waals surface area (Å²) in [4.78, 5) is 37.1. The van der Waals surface area contributed by atoms with Crippen molar-refractivity contribution in [2.24, 2.45) is 34.5 Å². The van der Waals surface area contributed by atoms with Crippen LogP contribution in [-0.2, 0) is 14.4 Å². The van der Waals surface area contributed by atoms with E-state index in [0.29, 0.717) is 42.8 Å². The first-order valence-corrected chi connectivity index (χ1v) is 8.64. The zero-order chi connectivity index (χ0) is 15.7. The van der Waals surface area contributed by atoms with Gasteiger partial charge in [-0.15, -0.1) is 0 Å². The van der Waals surface area contributed by atoms with Gasteiger partial charge in [0.25, 0.3) is 0 Å².